The quantitative estimate of drug-likeness (QED) is 0.329. The van der Waals surface area contributed by atoms with Gasteiger partial charge in [0.2, 0.25) is 0 Å². The first-order chi connectivity index (χ1) is 10.0. The highest BCUT2D eigenvalue weighted by atomic mass is 32.2. The van der Waals surface area contributed by atoms with E-state index in [0.29, 0.717) is 16.1 Å². The van der Waals surface area contributed by atoms with Crippen molar-refractivity contribution in [2.75, 3.05) is 5.75 Å². The van der Waals surface area contributed by atoms with Crippen LogP contribution in [-0.2, 0) is 0 Å². The second kappa shape index (κ2) is 7.41. The minimum atomic E-state index is -1.68. The molecule has 0 aromatic carbocycles. The third-order valence-electron chi connectivity index (χ3n) is 2.26. The molecule has 21 heavy (non-hydrogen) atoms. The number of hydrogen-bond acceptors (Lipinski definition) is 6. The van der Waals surface area contributed by atoms with Crippen LogP contribution >= 0.6 is 34.9 Å². The van der Waals surface area contributed by atoms with Crippen molar-refractivity contribution in [3.05, 3.63) is 23.5 Å². The van der Waals surface area contributed by atoms with E-state index in [9.17, 15) is 17.6 Å². The van der Waals surface area contributed by atoms with Crippen molar-refractivity contribution in [1.82, 2.24) is 15.2 Å². The summed E-state index contributed by atoms with van der Waals surface area (Å²) in [6.07, 6.45) is 2.05. The van der Waals surface area contributed by atoms with Crippen molar-refractivity contribution in [2.45, 2.75) is 33.3 Å². The monoisotopic (exact) mass is 355 g/mol. The largest absolute Gasteiger partial charge is 0.252 e. The van der Waals surface area contributed by atoms with E-state index in [1.165, 1.54) is 11.8 Å². The number of halogens is 4. The normalized spacial score (nSPS) is 11.1. The standard InChI is InChI=1S/C11H9F4N3S3/c1-2-3-4-19-10-17-18-11(21-10)20-7-5(12)8(14)16-9(15)6(7)13/h2-4H2,1H3. The Balaban J connectivity index is 2.15. The first-order valence-corrected chi connectivity index (χ1v) is 8.49. The van der Waals surface area contributed by atoms with E-state index in [1.54, 1.807) is 0 Å². The van der Waals surface area contributed by atoms with Crippen LogP contribution in [0.25, 0.3) is 0 Å². The van der Waals surface area contributed by atoms with Crippen LogP contribution in [0.5, 0.6) is 0 Å². The maximum Gasteiger partial charge on any atom is 0.252 e. The molecular formula is C11H9F4N3S3. The van der Waals surface area contributed by atoms with Crippen LogP contribution in [0.1, 0.15) is 19.8 Å². The zero-order valence-corrected chi connectivity index (χ0v) is 13.1. The van der Waals surface area contributed by atoms with Crippen LogP contribution < -0.4 is 0 Å². The summed E-state index contributed by atoms with van der Waals surface area (Å²) >= 11 is 3.08. The maximum atomic E-state index is 13.5. The third kappa shape index (κ3) is 4.07. The summed E-state index contributed by atoms with van der Waals surface area (Å²) in [7, 11) is 0. The first kappa shape index (κ1) is 16.5. The lowest BCUT2D eigenvalue weighted by atomic mass is 10.4. The van der Waals surface area contributed by atoms with E-state index in [0.717, 1.165) is 29.9 Å². The average molecular weight is 355 g/mol. The molecule has 3 nitrogen and oxygen atoms in total. The van der Waals surface area contributed by atoms with Crippen molar-refractivity contribution in [3.8, 4) is 0 Å². The molecule has 0 N–H and O–H groups in total. The lowest BCUT2D eigenvalue weighted by molar-refractivity contribution is 0.383. The lowest BCUT2D eigenvalue weighted by Gasteiger charge is -2.02. The highest BCUT2D eigenvalue weighted by molar-refractivity contribution is 8.03. The van der Waals surface area contributed by atoms with Crippen LogP contribution in [-0.4, -0.2) is 20.9 Å². The molecule has 0 aliphatic carbocycles. The molecule has 0 spiro atoms. The minimum absolute atomic E-state index is 0.205. The van der Waals surface area contributed by atoms with Crippen LogP contribution in [0.4, 0.5) is 17.6 Å². The number of unbranched alkanes of at least 4 members (excludes halogenated alkanes) is 1. The fourth-order valence-electron chi connectivity index (χ4n) is 1.25. The van der Waals surface area contributed by atoms with Gasteiger partial charge in [0.1, 0.15) is 0 Å². The van der Waals surface area contributed by atoms with Gasteiger partial charge in [-0.25, -0.2) is 8.78 Å². The highest BCUT2D eigenvalue weighted by Gasteiger charge is 2.23. The number of hydrogen-bond donors (Lipinski definition) is 0. The number of rotatable bonds is 6. The molecule has 0 amide bonds. The predicted molar refractivity (Wildman–Crippen MR) is 73.7 cm³/mol. The van der Waals surface area contributed by atoms with E-state index < -0.39 is 28.4 Å². The van der Waals surface area contributed by atoms with Crippen molar-refractivity contribution in [2.24, 2.45) is 0 Å². The first-order valence-electron chi connectivity index (χ1n) is 5.87. The fourth-order valence-corrected chi connectivity index (χ4v) is 4.40. The molecule has 2 rings (SSSR count). The van der Waals surface area contributed by atoms with E-state index in [-0.39, 0.29) is 4.34 Å². The topological polar surface area (TPSA) is 38.7 Å². The Kier molecular flexibility index (Phi) is 5.82. The molecule has 10 heteroatoms. The van der Waals surface area contributed by atoms with Crippen molar-refractivity contribution >= 4 is 34.9 Å². The highest BCUT2D eigenvalue weighted by Crippen LogP contribution is 2.37. The smallest absolute Gasteiger partial charge is 0.201 e. The molecule has 2 aromatic heterocycles. The molecule has 0 fully saturated rings. The average Bonchev–Trinajstić information content (AvgIpc) is 2.89. The Bertz CT molecular complexity index is 609. The molecule has 2 heterocycles. The van der Waals surface area contributed by atoms with Gasteiger partial charge in [0.15, 0.2) is 20.3 Å². The van der Waals surface area contributed by atoms with Crippen molar-refractivity contribution < 1.29 is 17.6 Å². The van der Waals surface area contributed by atoms with Gasteiger partial charge in [-0.2, -0.15) is 13.8 Å². The second-order valence-corrected chi connectivity index (χ2v) is 7.37. The van der Waals surface area contributed by atoms with Crippen LogP contribution in [0.3, 0.4) is 0 Å². The molecule has 0 unspecified atom stereocenters. The summed E-state index contributed by atoms with van der Waals surface area (Å²) in [6, 6.07) is 0. The third-order valence-corrected chi connectivity index (χ3v) is 5.51. The number of pyridine rings is 1. The molecule has 0 radical (unpaired) electrons. The molecule has 0 saturated heterocycles. The van der Waals surface area contributed by atoms with Gasteiger partial charge in [-0.05, 0) is 6.42 Å². The Morgan fingerprint density at radius 3 is 2.24 bits per heavy atom. The Morgan fingerprint density at radius 2 is 1.62 bits per heavy atom. The maximum absolute atomic E-state index is 13.5. The summed E-state index contributed by atoms with van der Waals surface area (Å²) in [5.74, 6) is -5.57. The van der Waals surface area contributed by atoms with Crippen LogP contribution in [0.2, 0.25) is 0 Å². The summed E-state index contributed by atoms with van der Waals surface area (Å²) in [4.78, 5) is 1.69. The van der Waals surface area contributed by atoms with Gasteiger partial charge >= 0.3 is 0 Å². The van der Waals surface area contributed by atoms with Gasteiger partial charge in [-0.1, -0.05) is 48.2 Å². The molecule has 2 aromatic rings. The Morgan fingerprint density at radius 1 is 1.00 bits per heavy atom. The van der Waals surface area contributed by atoms with Gasteiger partial charge in [0, 0.05) is 5.75 Å². The fraction of sp³-hybridized carbons (Fsp3) is 0.364. The number of aromatic nitrogens is 3. The molecule has 0 atom stereocenters. The number of nitrogens with zero attached hydrogens (tertiary/aromatic N) is 3. The van der Waals surface area contributed by atoms with Gasteiger partial charge in [-0.15, -0.1) is 10.2 Å². The van der Waals surface area contributed by atoms with E-state index in [1.807, 2.05) is 0 Å². The van der Waals surface area contributed by atoms with Gasteiger partial charge in [0.25, 0.3) is 11.9 Å². The van der Waals surface area contributed by atoms with Gasteiger partial charge in [0.05, 0.1) is 4.90 Å². The SMILES string of the molecule is CCCCSc1nnc(Sc2c(F)c(F)nc(F)c2F)s1. The zero-order chi connectivity index (χ0) is 15.4. The predicted octanol–water partition coefficient (Wildman–Crippen LogP) is 4.53. The molecule has 114 valence electrons. The van der Waals surface area contributed by atoms with E-state index in [2.05, 4.69) is 22.1 Å². The second-order valence-electron chi connectivity index (χ2n) is 3.79. The molecule has 0 aliphatic heterocycles. The summed E-state index contributed by atoms with van der Waals surface area (Å²) in [6.45, 7) is 2.06. The Labute approximate surface area is 130 Å². The van der Waals surface area contributed by atoms with E-state index in [4.69, 9.17) is 0 Å². The zero-order valence-electron chi connectivity index (χ0n) is 10.7. The molecule has 0 bridgehead atoms. The van der Waals surface area contributed by atoms with Crippen LogP contribution in [0, 0.1) is 23.5 Å². The Hall–Kier alpha value is -0.870. The van der Waals surface area contributed by atoms with Crippen molar-refractivity contribution in [1.29, 1.82) is 0 Å². The molecular weight excluding hydrogens is 346 g/mol. The summed E-state index contributed by atoms with van der Waals surface area (Å²) in [5, 5.41) is 7.59. The van der Waals surface area contributed by atoms with Crippen molar-refractivity contribution in [3.63, 3.8) is 0 Å². The minimum Gasteiger partial charge on any atom is -0.201 e. The summed E-state index contributed by atoms with van der Waals surface area (Å²) < 4.78 is 53.8. The van der Waals surface area contributed by atoms with Gasteiger partial charge < -0.3 is 0 Å². The van der Waals surface area contributed by atoms with E-state index >= 15 is 0 Å². The number of thioether (sulfide) groups is 1. The van der Waals surface area contributed by atoms with Gasteiger partial charge in [-0.3, -0.25) is 0 Å². The summed E-state index contributed by atoms with van der Waals surface area (Å²) in [5.41, 5.74) is 0. The lowest BCUT2D eigenvalue weighted by Crippen LogP contribution is -2.01. The molecule has 0 saturated carbocycles. The van der Waals surface area contributed by atoms with Crippen LogP contribution in [0.15, 0.2) is 13.6 Å². The molecule has 0 aliphatic rings.